The lowest BCUT2D eigenvalue weighted by Gasteiger charge is -2.42. The Kier molecular flexibility index (Phi) is 4.07. The predicted molar refractivity (Wildman–Crippen MR) is 80.7 cm³/mol. The average molecular weight is 282 g/mol. The summed E-state index contributed by atoms with van der Waals surface area (Å²) in [5, 5.41) is 3.72. The average Bonchev–Trinajstić information content (AvgIpc) is 2.41. The summed E-state index contributed by atoms with van der Waals surface area (Å²) < 4.78 is 5.37. The molecule has 1 N–H and O–H groups in total. The maximum absolute atomic E-state index is 11.9. The largest absolute Gasteiger partial charge is 0.444 e. The van der Waals surface area contributed by atoms with Crippen LogP contribution in [-0.2, 0) is 4.74 Å². The van der Waals surface area contributed by atoms with Gasteiger partial charge in [0.25, 0.3) is 0 Å². The van der Waals surface area contributed by atoms with Crippen molar-refractivity contribution in [1.82, 2.24) is 10.2 Å². The quantitative estimate of drug-likeness (QED) is 0.846. The topological polar surface area (TPSA) is 41.6 Å². The number of carbonyl (C=O) groups excluding carboxylic acids is 1. The fourth-order valence-electron chi connectivity index (χ4n) is 3.48. The minimum atomic E-state index is -0.403. The highest BCUT2D eigenvalue weighted by atomic mass is 16.6. The zero-order valence-corrected chi connectivity index (χ0v) is 13.8. The maximum atomic E-state index is 11.9. The number of nitrogens with zero attached hydrogens (tertiary/aromatic N) is 1. The molecule has 4 nitrogen and oxygen atoms in total. The third-order valence-electron chi connectivity index (χ3n) is 4.32. The molecule has 116 valence electrons. The summed E-state index contributed by atoms with van der Waals surface area (Å²) in [5.41, 5.74) is 0.0469. The van der Waals surface area contributed by atoms with Crippen molar-refractivity contribution in [2.75, 3.05) is 13.1 Å². The number of carbonyl (C=O) groups is 1. The summed E-state index contributed by atoms with van der Waals surface area (Å²) in [6.45, 7) is 14.3. The number of ether oxygens (including phenoxy) is 1. The van der Waals surface area contributed by atoms with E-state index < -0.39 is 5.60 Å². The molecule has 2 rings (SSSR count). The van der Waals surface area contributed by atoms with Gasteiger partial charge in [-0.3, -0.25) is 0 Å². The molecule has 2 fully saturated rings. The van der Waals surface area contributed by atoms with Crippen molar-refractivity contribution in [2.24, 2.45) is 11.3 Å². The summed E-state index contributed by atoms with van der Waals surface area (Å²) >= 11 is 0. The van der Waals surface area contributed by atoms with Crippen LogP contribution in [0, 0.1) is 11.3 Å². The van der Waals surface area contributed by atoms with Crippen molar-refractivity contribution in [3.63, 3.8) is 0 Å². The number of hydrogen-bond acceptors (Lipinski definition) is 3. The Balaban J connectivity index is 1.73. The second-order valence-corrected chi connectivity index (χ2v) is 8.41. The van der Waals surface area contributed by atoms with E-state index in [4.69, 9.17) is 4.74 Å². The third kappa shape index (κ3) is 3.87. The van der Waals surface area contributed by atoms with Crippen LogP contribution in [0.15, 0.2) is 0 Å². The van der Waals surface area contributed by atoms with Gasteiger partial charge in [0.2, 0.25) is 0 Å². The maximum Gasteiger partial charge on any atom is 0.410 e. The molecule has 2 unspecified atom stereocenters. The Morgan fingerprint density at radius 1 is 1.25 bits per heavy atom. The van der Waals surface area contributed by atoms with Crippen LogP contribution in [-0.4, -0.2) is 41.8 Å². The lowest BCUT2D eigenvalue weighted by atomic mass is 9.91. The van der Waals surface area contributed by atoms with E-state index in [1.54, 1.807) is 4.90 Å². The molecule has 1 saturated carbocycles. The second kappa shape index (κ2) is 5.21. The van der Waals surface area contributed by atoms with Gasteiger partial charge >= 0.3 is 6.09 Å². The lowest BCUT2D eigenvalue weighted by Crippen LogP contribution is -2.62. The first-order valence-electron chi connectivity index (χ1n) is 7.80. The van der Waals surface area contributed by atoms with Crippen molar-refractivity contribution < 1.29 is 9.53 Å². The fraction of sp³-hybridized carbons (Fsp3) is 0.938. The summed E-state index contributed by atoms with van der Waals surface area (Å²) in [6, 6.07) is 1.03. The Morgan fingerprint density at radius 2 is 1.85 bits per heavy atom. The molecular formula is C16H30N2O2. The van der Waals surface area contributed by atoms with E-state index in [2.05, 4.69) is 26.1 Å². The van der Waals surface area contributed by atoms with Gasteiger partial charge in [0.1, 0.15) is 5.60 Å². The predicted octanol–water partition coefficient (Wildman–Crippen LogP) is 3.02. The summed E-state index contributed by atoms with van der Waals surface area (Å²) in [4.78, 5) is 13.7. The Bertz CT molecular complexity index is 367. The molecule has 1 aliphatic heterocycles. The number of amides is 1. The Morgan fingerprint density at radius 3 is 2.30 bits per heavy atom. The molecule has 1 saturated heterocycles. The van der Waals surface area contributed by atoms with E-state index in [0.717, 1.165) is 19.0 Å². The molecule has 0 radical (unpaired) electrons. The molecule has 2 aliphatic rings. The molecule has 0 bridgehead atoms. The van der Waals surface area contributed by atoms with Gasteiger partial charge in [0, 0.05) is 25.2 Å². The van der Waals surface area contributed by atoms with Gasteiger partial charge in [-0.2, -0.15) is 0 Å². The van der Waals surface area contributed by atoms with E-state index in [1.807, 2.05) is 20.8 Å². The molecule has 20 heavy (non-hydrogen) atoms. The fourth-order valence-corrected chi connectivity index (χ4v) is 3.48. The number of rotatable bonds is 2. The molecule has 1 amide bonds. The number of hydrogen-bond donors (Lipinski definition) is 1. The van der Waals surface area contributed by atoms with Gasteiger partial charge in [-0.15, -0.1) is 0 Å². The minimum absolute atomic E-state index is 0.185. The molecule has 0 spiro atoms. The van der Waals surface area contributed by atoms with E-state index in [-0.39, 0.29) is 6.09 Å². The molecule has 1 aliphatic carbocycles. The van der Waals surface area contributed by atoms with Crippen LogP contribution >= 0.6 is 0 Å². The van der Waals surface area contributed by atoms with Crippen LogP contribution in [0.2, 0.25) is 0 Å². The molecule has 2 atom stereocenters. The molecule has 1 heterocycles. The monoisotopic (exact) mass is 282 g/mol. The molecule has 0 aromatic heterocycles. The van der Waals surface area contributed by atoms with E-state index in [9.17, 15) is 4.79 Å². The Hall–Kier alpha value is -0.770. The zero-order valence-electron chi connectivity index (χ0n) is 13.8. The van der Waals surface area contributed by atoms with Crippen LogP contribution in [0.25, 0.3) is 0 Å². The normalized spacial score (nSPS) is 30.2. The van der Waals surface area contributed by atoms with E-state index in [0.29, 0.717) is 17.5 Å². The summed E-state index contributed by atoms with van der Waals surface area (Å²) in [5.74, 6) is 0.723. The van der Waals surface area contributed by atoms with Crippen LogP contribution in [0.3, 0.4) is 0 Å². The van der Waals surface area contributed by atoms with Gasteiger partial charge in [0.15, 0.2) is 0 Å². The first-order valence-corrected chi connectivity index (χ1v) is 7.80. The highest BCUT2D eigenvalue weighted by Gasteiger charge is 2.40. The third-order valence-corrected chi connectivity index (χ3v) is 4.32. The van der Waals surface area contributed by atoms with Gasteiger partial charge in [0.05, 0.1) is 0 Å². The van der Waals surface area contributed by atoms with Crippen molar-refractivity contribution in [2.45, 2.75) is 72.1 Å². The number of likely N-dealkylation sites (tertiary alicyclic amines) is 1. The van der Waals surface area contributed by atoms with Crippen LogP contribution in [0.4, 0.5) is 4.79 Å². The standard InChI is InChI=1S/C16H30N2O2/c1-11-7-16(5,6)8-13(11)17-12-9-18(10-12)14(19)20-15(2,3)4/h11-13,17H,7-10H2,1-6H3. The highest BCUT2D eigenvalue weighted by molar-refractivity contribution is 5.69. The molecular weight excluding hydrogens is 252 g/mol. The van der Waals surface area contributed by atoms with Crippen molar-refractivity contribution in [3.8, 4) is 0 Å². The van der Waals surface area contributed by atoms with Gasteiger partial charge in [-0.25, -0.2) is 4.79 Å². The first kappa shape index (κ1) is 15.6. The summed E-state index contributed by atoms with van der Waals surface area (Å²) in [6.07, 6.45) is 2.33. The first-order chi connectivity index (χ1) is 9.06. The minimum Gasteiger partial charge on any atom is -0.444 e. The highest BCUT2D eigenvalue weighted by Crippen LogP contribution is 2.41. The van der Waals surface area contributed by atoms with Crippen molar-refractivity contribution in [1.29, 1.82) is 0 Å². The smallest absolute Gasteiger partial charge is 0.410 e. The van der Waals surface area contributed by atoms with Gasteiger partial charge in [-0.05, 0) is 44.9 Å². The van der Waals surface area contributed by atoms with Crippen molar-refractivity contribution >= 4 is 6.09 Å². The molecule has 4 heteroatoms. The van der Waals surface area contributed by atoms with Crippen molar-refractivity contribution in [3.05, 3.63) is 0 Å². The molecule has 0 aromatic carbocycles. The Labute approximate surface area is 123 Å². The van der Waals surface area contributed by atoms with E-state index >= 15 is 0 Å². The summed E-state index contributed by atoms with van der Waals surface area (Å²) in [7, 11) is 0. The number of nitrogens with one attached hydrogen (secondary N) is 1. The van der Waals surface area contributed by atoms with Gasteiger partial charge < -0.3 is 15.0 Å². The van der Waals surface area contributed by atoms with Crippen LogP contribution < -0.4 is 5.32 Å². The SMILES string of the molecule is CC1CC(C)(C)CC1NC1CN(C(=O)OC(C)(C)C)C1. The molecule has 0 aromatic rings. The second-order valence-electron chi connectivity index (χ2n) is 8.41. The van der Waals surface area contributed by atoms with Crippen LogP contribution in [0.5, 0.6) is 0 Å². The van der Waals surface area contributed by atoms with Gasteiger partial charge in [-0.1, -0.05) is 20.8 Å². The zero-order chi connectivity index (χ0) is 15.1. The van der Waals surface area contributed by atoms with Crippen LogP contribution in [0.1, 0.15) is 54.4 Å². The lowest BCUT2D eigenvalue weighted by molar-refractivity contribution is 0.00367. The van der Waals surface area contributed by atoms with E-state index in [1.165, 1.54) is 12.8 Å².